The number of ether oxygens (including phenoxy) is 3. The fourth-order valence-electron chi connectivity index (χ4n) is 3.96. The smallest absolute Gasteiger partial charge is 0.338 e. The molecule has 2 aromatic carbocycles. The van der Waals surface area contributed by atoms with Gasteiger partial charge in [0.15, 0.2) is 22.9 Å². The number of hydrogen-bond donors (Lipinski definition) is 0. The SMILES string of the molecule is CCOC(=O)C1=C(C)N=c2s/c(=C\c3cccc(OC)c3OCC#N)c(=O)n2[C@H]1c1ccc(F)cc1. The maximum atomic E-state index is 13.7. The van der Waals surface area contributed by atoms with Crippen LogP contribution in [0.15, 0.2) is 63.5 Å². The van der Waals surface area contributed by atoms with Crippen molar-refractivity contribution in [2.45, 2.75) is 19.9 Å². The van der Waals surface area contributed by atoms with Crippen molar-refractivity contribution in [3.63, 3.8) is 0 Å². The van der Waals surface area contributed by atoms with E-state index in [2.05, 4.69) is 4.99 Å². The Morgan fingerprint density at radius 3 is 2.69 bits per heavy atom. The molecule has 2 heterocycles. The normalized spacial score (nSPS) is 15.1. The molecule has 0 spiro atoms. The molecule has 184 valence electrons. The first-order valence-corrected chi connectivity index (χ1v) is 11.8. The van der Waals surface area contributed by atoms with E-state index in [1.165, 1.54) is 35.9 Å². The van der Waals surface area contributed by atoms with Crippen LogP contribution in [0.1, 0.15) is 31.0 Å². The summed E-state index contributed by atoms with van der Waals surface area (Å²) in [5, 5.41) is 8.96. The highest BCUT2D eigenvalue weighted by atomic mass is 32.1. The van der Waals surface area contributed by atoms with Crippen molar-refractivity contribution in [1.82, 2.24) is 4.57 Å². The Bertz CT molecular complexity index is 1560. The van der Waals surface area contributed by atoms with Gasteiger partial charge in [0.25, 0.3) is 5.56 Å². The first-order valence-electron chi connectivity index (χ1n) is 11.0. The molecule has 0 aliphatic carbocycles. The number of fused-ring (bicyclic) bond motifs is 1. The summed E-state index contributed by atoms with van der Waals surface area (Å²) in [4.78, 5) is 31.5. The minimum Gasteiger partial charge on any atom is -0.493 e. The second-order valence-electron chi connectivity index (χ2n) is 7.68. The van der Waals surface area contributed by atoms with Gasteiger partial charge in [-0.2, -0.15) is 5.26 Å². The predicted molar refractivity (Wildman–Crippen MR) is 131 cm³/mol. The molecule has 10 heteroatoms. The molecular weight excluding hydrogens is 485 g/mol. The molecule has 8 nitrogen and oxygen atoms in total. The van der Waals surface area contributed by atoms with Crippen molar-refractivity contribution < 1.29 is 23.4 Å². The number of nitrogens with zero attached hydrogens (tertiary/aromatic N) is 3. The number of benzene rings is 2. The molecule has 0 fully saturated rings. The van der Waals surface area contributed by atoms with Crippen molar-refractivity contribution in [1.29, 1.82) is 5.26 Å². The van der Waals surface area contributed by atoms with E-state index in [1.807, 2.05) is 6.07 Å². The van der Waals surface area contributed by atoms with Crippen LogP contribution in [-0.2, 0) is 9.53 Å². The summed E-state index contributed by atoms with van der Waals surface area (Å²) in [5.41, 5.74) is 1.31. The van der Waals surface area contributed by atoms with E-state index >= 15 is 0 Å². The lowest BCUT2D eigenvalue weighted by Gasteiger charge is -2.24. The maximum Gasteiger partial charge on any atom is 0.338 e. The van der Waals surface area contributed by atoms with Crippen LogP contribution in [-0.4, -0.2) is 30.9 Å². The van der Waals surface area contributed by atoms with Gasteiger partial charge >= 0.3 is 5.97 Å². The van der Waals surface area contributed by atoms with Crippen LogP contribution in [0.2, 0.25) is 0 Å². The Labute approximate surface area is 209 Å². The van der Waals surface area contributed by atoms with Crippen molar-refractivity contribution in [2.24, 2.45) is 4.99 Å². The molecule has 4 rings (SSSR count). The summed E-state index contributed by atoms with van der Waals surface area (Å²) >= 11 is 1.14. The van der Waals surface area contributed by atoms with Gasteiger partial charge < -0.3 is 14.2 Å². The monoisotopic (exact) mass is 507 g/mol. The van der Waals surface area contributed by atoms with Crippen LogP contribution >= 0.6 is 11.3 Å². The topological polar surface area (TPSA) is 103 Å². The molecule has 0 amide bonds. The molecule has 3 aromatic rings. The van der Waals surface area contributed by atoms with Crippen LogP contribution in [0.5, 0.6) is 11.5 Å². The lowest BCUT2D eigenvalue weighted by molar-refractivity contribution is -0.139. The highest BCUT2D eigenvalue weighted by Gasteiger charge is 2.33. The molecule has 0 bridgehead atoms. The Balaban J connectivity index is 1.95. The van der Waals surface area contributed by atoms with Crippen LogP contribution in [0.4, 0.5) is 4.39 Å². The van der Waals surface area contributed by atoms with E-state index in [0.29, 0.717) is 37.7 Å². The molecule has 1 aliphatic rings. The number of aromatic nitrogens is 1. The van der Waals surface area contributed by atoms with Gasteiger partial charge in [0, 0.05) is 5.56 Å². The highest BCUT2D eigenvalue weighted by molar-refractivity contribution is 7.07. The third-order valence-electron chi connectivity index (χ3n) is 5.50. The summed E-state index contributed by atoms with van der Waals surface area (Å²) in [7, 11) is 1.48. The first kappa shape index (κ1) is 24.9. The molecule has 1 aliphatic heterocycles. The fourth-order valence-corrected chi connectivity index (χ4v) is 5.00. The zero-order valence-corrected chi connectivity index (χ0v) is 20.6. The first-order chi connectivity index (χ1) is 17.4. The van der Waals surface area contributed by atoms with Crippen molar-refractivity contribution >= 4 is 23.4 Å². The standard InChI is InChI=1S/C26H22FN3O5S/c1-4-34-25(32)21-15(2)29-26-30(22(21)16-8-10-18(27)11-9-16)24(31)20(36-26)14-17-6-5-7-19(33-3)23(17)35-13-12-28/h5-11,14,22H,4,13H2,1-3H3/b20-14-/t22-/m0/s1. The molecule has 0 saturated carbocycles. The molecule has 0 N–H and O–H groups in total. The highest BCUT2D eigenvalue weighted by Crippen LogP contribution is 2.32. The van der Waals surface area contributed by atoms with E-state index < -0.39 is 23.4 Å². The van der Waals surface area contributed by atoms with Gasteiger partial charge in [0.1, 0.15) is 11.9 Å². The Morgan fingerprint density at radius 2 is 2.03 bits per heavy atom. The third kappa shape index (κ3) is 4.65. The number of carbonyl (C=O) groups is 1. The van der Waals surface area contributed by atoms with Gasteiger partial charge in [0.2, 0.25) is 0 Å². The van der Waals surface area contributed by atoms with E-state index in [9.17, 15) is 14.0 Å². The zero-order valence-electron chi connectivity index (χ0n) is 19.8. The van der Waals surface area contributed by atoms with Crippen LogP contribution < -0.4 is 24.4 Å². The summed E-state index contributed by atoms with van der Waals surface area (Å²) in [5.74, 6) is -0.294. The summed E-state index contributed by atoms with van der Waals surface area (Å²) in [6, 6.07) is 11.9. The average Bonchev–Trinajstić information content (AvgIpc) is 3.17. The Kier molecular flexibility index (Phi) is 7.31. The largest absolute Gasteiger partial charge is 0.493 e. The number of rotatable bonds is 7. The quantitative estimate of drug-likeness (QED) is 0.456. The fraction of sp³-hybridized carbons (Fsp3) is 0.231. The molecule has 1 aromatic heterocycles. The second-order valence-corrected chi connectivity index (χ2v) is 8.69. The number of hydrogen-bond acceptors (Lipinski definition) is 8. The third-order valence-corrected chi connectivity index (χ3v) is 6.48. The molecule has 0 unspecified atom stereocenters. The van der Waals surface area contributed by atoms with Gasteiger partial charge in [-0.25, -0.2) is 14.2 Å². The van der Waals surface area contributed by atoms with Crippen LogP contribution in [0, 0.1) is 17.1 Å². The van der Waals surface area contributed by atoms with Crippen LogP contribution in [0.25, 0.3) is 6.08 Å². The van der Waals surface area contributed by atoms with Gasteiger partial charge in [-0.05, 0) is 43.7 Å². The van der Waals surface area contributed by atoms with E-state index in [-0.39, 0.29) is 18.8 Å². The predicted octanol–water partition coefficient (Wildman–Crippen LogP) is 2.85. The number of para-hydroxylation sites is 1. The van der Waals surface area contributed by atoms with Crippen molar-refractivity contribution in [3.8, 4) is 17.6 Å². The Hall–Kier alpha value is -4.23. The molecule has 0 radical (unpaired) electrons. The van der Waals surface area contributed by atoms with E-state index in [0.717, 1.165) is 11.3 Å². The lowest BCUT2D eigenvalue weighted by Crippen LogP contribution is -2.39. The Morgan fingerprint density at radius 1 is 1.28 bits per heavy atom. The zero-order chi connectivity index (χ0) is 25.8. The number of methoxy groups -OCH3 is 1. The summed E-state index contributed by atoms with van der Waals surface area (Å²) < 4.78 is 31.6. The van der Waals surface area contributed by atoms with Crippen LogP contribution in [0.3, 0.4) is 0 Å². The van der Waals surface area contributed by atoms with E-state index in [4.69, 9.17) is 19.5 Å². The molecule has 36 heavy (non-hydrogen) atoms. The number of thiazole rings is 1. The number of allylic oxidation sites excluding steroid dienone is 1. The molecule has 1 atom stereocenters. The average molecular weight is 508 g/mol. The van der Waals surface area contributed by atoms with Gasteiger partial charge in [-0.3, -0.25) is 9.36 Å². The lowest BCUT2D eigenvalue weighted by atomic mass is 9.96. The minimum absolute atomic E-state index is 0.150. The minimum atomic E-state index is -0.845. The number of nitriles is 1. The van der Waals surface area contributed by atoms with Crippen molar-refractivity contribution in [3.05, 3.63) is 90.4 Å². The summed E-state index contributed by atoms with van der Waals surface area (Å²) in [6.07, 6.45) is 1.63. The van der Waals surface area contributed by atoms with Crippen molar-refractivity contribution in [2.75, 3.05) is 20.3 Å². The van der Waals surface area contributed by atoms with Gasteiger partial charge in [0.05, 0.1) is 35.6 Å². The van der Waals surface area contributed by atoms with Gasteiger partial charge in [-0.15, -0.1) is 0 Å². The maximum absolute atomic E-state index is 13.7. The summed E-state index contributed by atoms with van der Waals surface area (Å²) in [6.45, 7) is 3.32. The number of halogens is 1. The van der Waals surface area contributed by atoms with E-state index in [1.54, 1.807) is 38.1 Å². The number of esters is 1. The molecular formula is C26H22FN3O5S. The molecule has 0 saturated heterocycles. The van der Waals surface area contributed by atoms with Gasteiger partial charge in [-0.1, -0.05) is 35.6 Å². The number of carbonyl (C=O) groups excluding carboxylic acids is 1. The second kappa shape index (κ2) is 10.6.